The number of hydrogen-bond acceptors (Lipinski definition) is 5. The van der Waals surface area contributed by atoms with Gasteiger partial charge < -0.3 is 13.6 Å². The second kappa shape index (κ2) is 4.90. The van der Waals surface area contributed by atoms with Crippen LogP contribution < -0.4 is 0 Å². The van der Waals surface area contributed by atoms with Crippen LogP contribution in [0, 0.1) is 0 Å². The van der Waals surface area contributed by atoms with E-state index in [0.29, 0.717) is 0 Å². The Bertz CT molecular complexity index is 834. The van der Waals surface area contributed by atoms with Crippen LogP contribution in [-0.4, -0.2) is 18.1 Å². The first-order valence-corrected chi connectivity index (χ1v) is 6.04. The van der Waals surface area contributed by atoms with E-state index in [1.807, 2.05) is 0 Å². The van der Waals surface area contributed by atoms with Crippen LogP contribution in [0.2, 0.25) is 0 Å². The van der Waals surface area contributed by atoms with Gasteiger partial charge in [-0.2, -0.15) is 13.2 Å². The maximum absolute atomic E-state index is 13.2. The average molecular weight is 311 g/mol. The van der Waals surface area contributed by atoms with Crippen LogP contribution in [0.5, 0.6) is 0 Å². The second-order valence-electron chi connectivity index (χ2n) is 4.35. The first-order valence-electron chi connectivity index (χ1n) is 6.04. The molecule has 0 radical (unpaired) electrons. The summed E-state index contributed by atoms with van der Waals surface area (Å²) in [5.74, 6) is -1.08. The number of methoxy groups -OCH3 is 1. The SMILES string of the molecule is COC(=O)c1cc2c(C(F)(F)F)cc(-c3ccco3)nc2o1. The maximum Gasteiger partial charge on any atom is 0.417 e. The van der Waals surface area contributed by atoms with Gasteiger partial charge in [0.25, 0.3) is 0 Å². The molecule has 3 aromatic rings. The molecule has 3 rings (SSSR count). The summed E-state index contributed by atoms with van der Waals surface area (Å²) in [5.41, 5.74) is -1.33. The third-order valence-corrected chi connectivity index (χ3v) is 2.97. The summed E-state index contributed by atoms with van der Waals surface area (Å²) in [6, 6.07) is 4.80. The Labute approximate surface area is 121 Å². The number of alkyl halides is 3. The van der Waals surface area contributed by atoms with Gasteiger partial charge in [-0.05, 0) is 18.2 Å². The summed E-state index contributed by atoms with van der Waals surface area (Å²) in [5, 5.41) is -0.316. The number of carbonyl (C=O) groups is 1. The molecule has 0 saturated carbocycles. The smallest absolute Gasteiger partial charge is 0.417 e. The van der Waals surface area contributed by atoms with Crippen LogP contribution in [0.15, 0.2) is 39.4 Å². The van der Waals surface area contributed by atoms with Gasteiger partial charge in [0.05, 0.1) is 24.3 Å². The molecule has 22 heavy (non-hydrogen) atoms. The van der Waals surface area contributed by atoms with Crippen molar-refractivity contribution in [1.82, 2.24) is 4.98 Å². The highest BCUT2D eigenvalue weighted by Crippen LogP contribution is 2.38. The molecule has 3 heterocycles. The highest BCUT2D eigenvalue weighted by molar-refractivity contribution is 5.93. The minimum absolute atomic E-state index is 0.0457. The molecule has 0 fully saturated rings. The number of halogens is 3. The van der Waals surface area contributed by atoms with Crippen LogP contribution in [0.1, 0.15) is 16.1 Å². The molecule has 0 aliphatic heterocycles. The van der Waals surface area contributed by atoms with Crippen LogP contribution >= 0.6 is 0 Å². The van der Waals surface area contributed by atoms with Crippen molar-refractivity contribution in [2.75, 3.05) is 7.11 Å². The minimum atomic E-state index is -4.64. The van der Waals surface area contributed by atoms with Crippen LogP contribution in [0.4, 0.5) is 13.2 Å². The van der Waals surface area contributed by atoms with Crippen molar-refractivity contribution in [3.8, 4) is 11.5 Å². The first-order chi connectivity index (χ1) is 10.4. The summed E-state index contributed by atoms with van der Waals surface area (Å²) in [6.45, 7) is 0. The molecule has 3 aromatic heterocycles. The number of furan rings is 2. The van der Waals surface area contributed by atoms with Gasteiger partial charge in [-0.1, -0.05) is 0 Å². The summed E-state index contributed by atoms with van der Waals surface area (Å²) < 4.78 is 54.2. The summed E-state index contributed by atoms with van der Waals surface area (Å²) >= 11 is 0. The molecule has 0 aliphatic rings. The van der Waals surface area contributed by atoms with Gasteiger partial charge in [0, 0.05) is 6.07 Å². The lowest BCUT2D eigenvalue weighted by Crippen LogP contribution is -2.06. The monoisotopic (exact) mass is 311 g/mol. The lowest BCUT2D eigenvalue weighted by molar-refractivity contribution is -0.136. The molecule has 0 unspecified atom stereocenters. The van der Waals surface area contributed by atoms with E-state index < -0.39 is 17.7 Å². The Balaban J connectivity index is 2.28. The van der Waals surface area contributed by atoms with Crippen molar-refractivity contribution in [3.63, 3.8) is 0 Å². The Hall–Kier alpha value is -2.77. The number of carbonyl (C=O) groups excluding carboxylic acids is 1. The van der Waals surface area contributed by atoms with E-state index in [2.05, 4.69) is 9.72 Å². The van der Waals surface area contributed by atoms with E-state index in [0.717, 1.165) is 19.2 Å². The number of fused-ring (bicyclic) bond motifs is 1. The largest absolute Gasteiger partial charge is 0.463 e. The number of ether oxygens (including phenoxy) is 1. The summed E-state index contributed by atoms with van der Waals surface area (Å²) in [6.07, 6.45) is -3.32. The fourth-order valence-electron chi connectivity index (χ4n) is 2.00. The fourth-order valence-corrected chi connectivity index (χ4v) is 2.00. The van der Waals surface area contributed by atoms with Crippen molar-refractivity contribution in [2.24, 2.45) is 0 Å². The van der Waals surface area contributed by atoms with Gasteiger partial charge in [0.1, 0.15) is 5.69 Å². The summed E-state index contributed by atoms with van der Waals surface area (Å²) in [4.78, 5) is 15.4. The van der Waals surface area contributed by atoms with E-state index in [-0.39, 0.29) is 28.3 Å². The Kier molecular flexibility index (Phi) is 3.16. The molecule has 0 bridgehead atoms. The Morgan fingerprint density at radius 2 is 2.09 bits per heavy atom. The van der Waals surface area contributed by atoms with Gasteiger partial charge in [-0.3, -0.25) is 0 Å². The molecule has 8 heteroatoms. The van der Waals surface area contributed by atoms with Crippen molar-refractivity contribution >= 4 is 17.1 Å². The van der Waals surface area contributed by atoms with Crippen molar-refractivity contribution < 1.29 is 31.5 Å². The zero-order chi connectivity index (χ0) is 15.9. The molecular formula is C14H8F3NO4. The Morgan fingerprint density at radius 3 is 2.68 bits per heavy atom. The predicted octanol–water partition coefficient (Wildman–Crippen LogP) is 3.89. The van der Waals surface area contributed by atoms with Crippen LogP contribution in [0.3, 0.4) is 0 Å². The van der Waals surface area contributed by atoms with E-state index >= 15 is 0 Å². The third kappa shape index (κ3) is 2.32. The molecule has 0 N–H and O–H groups in total. The van der Waals surface area contributed by atoms with E-state index in [9.17, 15) is 18.0 Å². The molecule has 0 spiro atoms. The highest BCUT2D eigenvalue weighted by Gasteiger charge is 2.35. The van der Waals surface area contributed by atoms with Crippen molar-refractivity contribution in [3.05, 3.63) is 41.9 Å². The van der Waals surface area contributed by atoms with Gasteiger partial charge in [0.2, 0.25) is 11.5 Å². The number of pyridine rings is 1. The average Bonchev–Trinajstić information content (AvgIpc) is 3.12. The van der Waals surface area contributed by atoms with Gasteiger partial charge in [0.15, 0.2) is 5.76 Å². The molecule has 0 aliphatic carbocycles. The molecular weight excluding hydrogens is 303 g/mol. The zero-order valence-electron chi connectivity index (χ0n) is 11.1. The first kappa shape index (κ1) is 14.2. The fraction of sp³-hybridized carbons (Fsp3) is 0.143. The van der Waals surface area contributed by atoms with Gasteiger partial charge >= 0.3 is 12.1 Å². The van der Waals surface area contributed by atoms with E-state index in [1.54, 1.807) is 0 Å². The third-order valence-electron chi connectivity index (χ3n) is 2.97. The molecule has 5 nitrogen and oxygen atoms in total. The summed E-state index contributed by atoms with van der Waals surface area (Å²) in [7, 11) is 1.10. The standard InChI is InChI=1S/C14H8F3NO4/c1-20-13(19)11-5-7-8(14(15,16)17)6-9(18-12(7)22-11)10-3-2-4-21-10/h2-6H,1H3. The minimum Gasteiger partial charge on any atom is -0.463 e. The number of hydrogen-bond donors (Lipinski definition) is 0. The molecule has 0 atom stereocenters. The predicted molar refractivity (Wildman–Crippen MR) is 68.1 cm³/mol. The number of nitrogens with zero attached hydrogens (tertiary/aromatic N) is 1. The lowest BCUT2D eigenvalue weighted by atomic mass is 10.1. The van der Waals surface area contributed by atoms with Crippen molar-refractivity contribution in [1.29, 1.82) is 0 Å². The molecule has 0 saturated heterocycles. The lowest BCUT2D eigenvalue weighted by Gasteiger charge is -2.08. The molecule has 0 aromatic carbocycles. The highest BCUT2D eigenvalue weighted by atomic mass is 19.4. The van der Waals surface area contributed by atoms with Gasteiger partial charge in [-0.15, -0.1) is 0 Å². The topological polar surface area (TPSA) is 65.5 Å². The maximum atomic E-state index is 13.2. The number of aromatic nitrogens is 1. The van der Waals surface area contributed by atoms with E-state index in [4.69, 9.17) is 8.83 Å². The second-order valence-corrected chi connectivity index (χ2v) is 4.35. The molecule has 114 valence electrons. The van der Waals surface area contributed by atoms with E-state index in [1.165, 1.54) is 18.4 Å². The normalized spacial score (nSPS) is 11.8. The number of rotatable bonds is 2. The zero-order valence-corrected chi connectivity index (χ0v) is 11.1. The van der Waals surface area contributed by atoms with Crippen LogP contribution in [-0.2, 0) is 10.9 Å². The quantitative estimate of drug-likeness (QED) is 0.672. The van der Waals surface area contributed by atoms with Crippen molar-refractivity contribution in [2.45, 2.75) is 6.18 Å². The Morgan fingerprint density at radius 1 is 1.32 bits per heavy atom. The van der Waals surface area contributed by atoms with Gasteiger partial charge in [-0.25, -0.2) is 9.78 Å². The molecule has 0 amide bonds. The van der Waals surface area contributed by atoms with Crippen LogP contribution in [0.25, 0.3) is 22.6 Å². The number of esters is 1.